The fourth-order valence-corrected chi connectivity index (χ4v) is 2.93. The minimum absolute atomic E-state index is 0.137. The van der Waals surface area contributed by atoms with Gasteiger partial charge in [0.15, 0.2) is 0 Å². The van der Waals surface area contributed by atoms with Crippen LogP contribution in [0.4, 0.5) is 10.1 Å². The number of carbonyl (C=O) groups excluding carboxylic acids is 2. The summed E-state index contributed by atoms with van der Waals surface area (Å²) in [5.41, 5.74) is 2.28. The molecule has 8 heteroatoms. The van der Waals surface area contributed by atoms with Gasteiger partial charge in [0.1, 0.15) is 11.6 Å². The SMILES string of the molecule is Cc1noc(C)c1CSCC(=O)NCC(=O)Nc1ccc(F)cc1. The summed E-state index contributed by atoms with van der Waals surface area (Å²) < 4.78 is 17.8. The third-order valence-electron chi connectivity index (χ3n) is 3.23. The summed E-state index contributed by atoms with van der Waals surface area (Å²) in [7, 11) is 0. The lowest BCUT2D eigenvalue weighted by Gasteiger charge is -2.07. The molecule has 0 unspecified atom stereocenters. The van der Waals surface area contributed by atoms with Crippen LogP contribution in [0.15, 0.2) is 28.8 Å². The van der Waals surface area contributed by atoms with Gasteiger partial charge in [-0.1, -0.05) is 5.16 Å². The van der Waals surface area contributed by atoms with Crippen molar-refractivity contribution >= 4 is 29.3 Å². The number of aryl methyl sites for hydroxylation is 2. The Hall–Kier alpha value is -2.35. The second kappa shape index (κ2) is 8.49. The normalized spacial score (nSPS) is 10.5. The minimum Gasteiger partial charge on any atom is -0.361 e. The van der Waals surface area contributed by atoms with Crippen LogP contribution >= 0.6 is 11.8 Å². The zero-order valence-electron chi connectivity index (χ0n) is 13.4. The van der Waals surface area contributed by atoms with Crippen LogP contribution in [0.3, 0.4) is 0 Å². The van der Waals surface area contributed by atoms with Crippen LogP contribution in [-0.4, -0.2) is 29.3 Å². The van der Waals surface area contributed by atoms with Crippen molar-refractivity contribution in [1.29, 1.82) is 0 Å². The summed E-state index contributed by atoms with van der Waals surface area (Å²) >= 11 is 1.42. The van der Waals surface area contributed by atoms with Gasteiger partial charge in [-0.25, -0.2) is 4.39 Å². The molecule has 1 aromatic carbocycles. The van der Waals surface area contributed by atoms with Gasteiger partial charge in [-0.3, -0.25) is 9.59 Å². The van der Waals surface area contributed by atoms with E-state index in [1.165, 1.54) is 36.0 Å². The van der Waals surface area contributed by atoms with Crippen molar-refractivity contribution in [2.45, 2.75) is 19.6 Å². The van der Waals surface area contributed by atoms with Gasteiger partial charge in [-0.15, -0.1) is 11.8 Å². The Labute approximate surface area is 143 Å². The lowest BCUT2D eigenvalue weighted by molar-refractivity contribution is -0.122. The van der Waals surface area contributed by atoms with E-state index < -0.39 is 0 Å². The Morgan fingerprint density at radius 3 is 2.54 bits per heavy atom. The van der Waals surface area contributed by atoms with E-state index in [0.29, 0.717) is 11.4 Å². The molecule has 0 saturated carbocycles. The van der Waals surface area contributed by atoms with Gasteiger partial charge in [0.2, 0.25) is 11.8 Å². The Morgan fingerprint density at radius 1 is 1.21 bits per heavy atom. The molecule has 2 aromatic rings. The highest BCUT2D eigenvalue weighted by atomic mass is 32.2. The van der Waals surface area contributed by atoms with E-state index in [9.17, 15) is 14.0 Å². The number of hydrogen-bond acceptors (Lipinski definition) is 5. The van der Waals surface area contributed by atoms with Crippen molar-refractivity contribution in [3.8, 4) is 0 Å². The molecule has 0 aliphatic heterocycles. The zero-order valence-corrected chi connectivity index (χ0v) is 14.2. The predicted octanol–water partition coefficient (Wildman–Crippen LogP) is 2.42. The smallest absolute Gasteiger partial charge is 0.243 e. The Balaban J connectivity index is 1.67. The predicted molar refractivity (Wildman–Crippen MR) is 90.2 cm³/mol. The maximum Gasteiger partial charge on any atom is 0.243 e. The Morgan fingerprint density at radius 2 is 1.92 bits per heavy atom. The summed E-state index contributed by atoms with van der Waals surface area (Å²) in [6.07, 6.45) is 0. The van der Waals surface area contributed by atoms with E-state index in [1.54, 1.807) is 0 Å². The fourth-order valence-electron chi connectivity index (χ4n) is 1.92. The number of anilines is 1. The van der Waals surface area contributed by atoms with Gasteiger partial charge in [0, 0.05) is 17.0 Å². The first kappa shape index (κ1) is 18.0. The largest absolute Gasteiger partial charge is 0.361 e. The van der Waals surface area contributed by atoms with Crippen molar-refractivity contribution in [2.75, 3.05) is 17.6 Å². The van der Waals surface area contributed by atoms with Crippen LogP contribution in [0, 0.1) is 19.7 Å². The van der Waals surface area contributed by atoms with Crippen molar-refractivity contribution in [2.24, 2.45) is 0 Å². The number of benzene rings is 1. The van der Waals surface area contributed by atoms with Gasteiger partial charge < -0.3 is 15.2 Å². The monoisotopic (exact) mass is 351 g/mol. The number of hydrogen-bond donors (Lipinski definition) is 2. The number of carbonyl (C=O) groups is 2. The molecule has 0 aliphatic rings. The lowest BCUT2D eigenvalue weighted by atomic mass is 10.2. The van der Waals surface area contributed by atoms with E-state index in [0.717, 1.165) is 17.0 Å². The van der Waals surface area contributed by atoms with Gasteiger partial charge in [-0.05, 0) is 38.1 Å². The van der Waals surface area contributed by atoms with Crippen LogP contribution in [0.2, 0.25) is 0 Å². The molecule has 0 bridgehead atoms. The first-order valence-corrected chi connectivity index (χ1v) is 8.43. The molecule has 128 valence electrons. The third-order valence-corrected chi connectivity index (χ3v) is 4.19. The first-order chi connectivity index (χ1) is 11.5. The summed E-state index contributed by atoms with van der Waals surface area (Å²) in [4.78, 5) is 23.4. The van der Waals surface area contributed by atoms with Crippen molar-refractivity contribution in [1.82, 2.24) is 10.5 Å². The molecule has 1 heterocycles. The van der Waals surface area contributed by atoms with E-state index >= 15 is 0 Å². The minimum atomic E-state index is -0.378. The number of nitrogens with zero attached hydrogens (tertiary/aromatic N) is 1. The number of aromatic nitrogens is 1. The Bertz CT molecular complexity index is 696. The van der Waals surface area contributed by atoms with E-state index in [-0.39, 0.29) is 29.9 Å². The summed E-state index contributed by atoms with van der Waals surface area (Å²) in [5, 5.41) is 8.96. The molecule has 0 spiro atoms. The second-order valence-electron chi connectivity index (χ2n) is 5.13. The van der Waals surface area contributed by atoms with Gasteiger partial charge in [0.25, 0.3) is 0 Å². The molecule has 0 aliphatic carbocycles. The average Bonchev–Trinajstić information content (AvgIpc) is 2.87. The molecule has 0 atom stereocenters. The van der Waals surface area contributed by atoms with Crippen LogP contribution in [0.25, 0.3) is 0 Å². The topological polar surface area (TPSA) is 84.2 Å². The first-order valence-electron chi connectivity index (χ1n) is 7.27. The van der Waals surface area contributed by atoms with Crippen LogP contribution < -0.4 is 10.6 Å². The molecule has 1 aromatic heterocycles. The molecule has 0 fully saturated rings. The van der Waals surface area contributed by atoms with E-state index in [4.69, 9.17) is 4.52 Å². The quantitative estimate of drug-likeness (QED) is 0.800. The number of amides is 2. The lowest BCUT2D eigenvalue weighted by Crippen LogP contribution is -2.33. The van der Waals surface area contributed by atoms with Crippen molar-refractivity contribution in [3.05, 3.63) is 47.1 Å². The van der Waals surface area contributed by atoms with Crippen LogP contribution in [0.1, 0.15) is 17.0 Å². The van der Waals surface area contributed by atoms with E-state index in [1.807, 2.05) is 13.8 Å². The van der Waals surface area contributed by atoms with E-state index in [2.05, 4.69) is 15.8 Å². The van der Waals surface area contributed by atoms with Crippen molar-refractivity contribution < 1.29 is 18.5 Å². The fraction of sp³-hybridized carbons (Fsp3) is 0.312. The van der Waals surface area contributed by atoms with Gasteiger partial charge in [0.05, 0.1) is 18.0 Å². The molecule has 0 radical (unpaired) electrons. The Kier molecular flexibility index (Phi) is 6.36. The number of rotatable bonds is 7. The second-order valence-corrected chi connectivity index (χ2v) is 6.11. The van der Waals surface area contributed by atoms with Crippen LogP contribution in [-0.2, 0) is 15.3 Å². The van der Waals surface area contributed by atoms with Crippen molar-refractivity contribution in [3.63, 3.8) is 0 Å². The summed E-state index contributed by atoms with van der Waals surface area (Å²) in [6.45, 7) is 3.55. The molecule has 2 amide bonds. The molecular formula is C16H18FN3O3S. The highest BCUT2D eigenvalue weighted by Crippen LogP contribution is 2.19. The maximum atomic E-state index is 12.8. The summed E-state index contributed by atoms with van der Waals surface area (Å²) in [5.74, 6) is 0.618. The van der Waals surface area contributed by atoms with Gasteiger partial charge >= 0.3 is 0 Å². The summed E-state index contributed by atoms with van der Waals surface area (Å²) in [6, 6.07) is 5.40. The maximum absolute atomic E-state index is 12.8. The highest BCUT2D eigenvalue weighted by molar-refractivity contribution is 7.99. The highest BCUT2D eigenvalue weighted by Gasteiger charge is 2.11. The molecule has 2 rings (SSSR count). The third kappa shape index (κ3) is 5.38. The zero-order chi connectivity index (χ0) is 17.5. The average molecular weight is 351 g/mol. The number of nitrogens with one attached hydrogen (secondary N) is 2. The molecule has 6 nitrogen and oxygen atoms in total. The molecule has 0 saturated heterocycles. The van der Waals surface area contributed by atoms with Gasteiger partial charge in [-0.2, -0.15) is 0 Å². The number of halogens is 1. The number of thioether (sulfide) groups is 1. The molecule has 2 N–H and O–H groups in total. The molecule has 24 heavy (non-hydrogen) atoms. The molecular weight excluding hydrogens is 333 g/mol. The van der Waals surface area contributed by atoms with Crippen LogP contribution in [0.5, 0.6) is 0 Å². The standard InChI is InChI=1S/C16H18FN3O3S/c1-10-14(11(2)23-20-10)8-24-9-16(22)18-7-15(21)19-13-5-3-12(17)4-6-13/h3-6H,7-9H2,1-2H3,(H,18,22)(H,19,21).